The lowest BCUT2D eigenvalue weighted by atomic mass is 9.74. The molecule has 3 rings (SSSR count). The van der Waals surface area contributed by atoms with Crippen LogP contribution < -0.4 is 5.32 Å². The van der Waals surface area contributed by atoms with E-state index in [9.17, 15) is 29.1 Å². The van der Waals surface area contributed by atoms with E-state index in [0.29, 0.717) is 6.42 Å². The summed E-state index contributed by atoms with van der Waals surface area (Å²) in [5.41, 5.74) is -3.32. The molecule has 1 amide bonds. The number of esters is 2. The van der Waals surface area contributed by atoms with Crippen LogP contribution in [-0.4, -0.2) is 114 Å². The Morgan fingerprint density at radius 3 is 2.19 bits per heavy atom. The number of hydrogen-bond donors (Lipinski definition) is 2. The van der Waals surface area contributed by atoms with Crippen molar-refractivity contribution < 1.29 is 57.2 Å². The summed E-state index contributed by atoms with van der Waals surface area (Å²) in [5.74, 6) is -7.04. The number of fused-ring (bicyclic) bond motifs is 1. The minimum Gasteiger partial charge on any atom is -0.457 e. The van der Waals surface area contributed by atoms with Crippen molar-refractivity contribution >= 4 is 29.6 Å². The van der Waals surface area contributed by atoms with Gasteiger partial charge in [-0.2, -0.15) is 0 Å². The summed E-state index contributed by atoms with van der Waals surface area (Å²) in [6.07, 6.45) is -8.87. The lowest BCUT2D eigenvalue weighted by Gasteiger charge is -2.46. The van der Waals surface area contributed by atoms with Crippen LogP contribution in [0.4, 0.5) is 9.18 Å². The van der Waals surface area contributed by atoms with Crippen LogP contribution in [0.25, 0.3) is 0 Å². The number of nitrogens with one attached hydrogen (secondary N) is 1. The normalized spacial score (nSPS) is 41.8. The third kappa shape index (κ3) is 8.68. The van der Waals surface area contributed by atoms with E-state index in [1.165, 1.54) is 20.8 Å². The second-order valence-corrected chi connectivity index (χ2v) is 13.4. The number of aliphatic hydroxyl groups excluding tert-OH is 1. The Balaban J connectivity index is 0.00000376. The van der Waals surface area contributed by atoms with E-state index in [1.807, 2.05) is 13.8 Å². The molecule has 0 unspecified atom stereocenters. The number of hydrogen-bond acceptors (Lipinski definition) is 12. The van der Waals surface area contributed by atoms with Gasteiger partial charge < -0.3 is 39.0 Å². The highest BCUT2D eigenvalue weighted by Gasteiger charge is 2.58. The van der Waals surface area contributed by atoms with Gasteiger partial charge in [-0.1, -0.05) is 41.5 Å². The number of aliphatic hydroxyl groups is 1. The van der Waals surface area contributed by atoms with Crippen LogP contribution >= 0.6 is 0 Å². The topological polar surface area (TPSA) is 167 Å². The molecule has 14 heteroatoms. The average molecular weight is 675 g/mol. The molecule has 0 aromatic rings. The predicted molar refractivity (Wildman–Crippen MR) is 168 cm³/mol. The Labute approximate surface area is 277 Å². The minimum absolute atomic E-state index is 0.0824. The number of nitrogens with zero attached hydrogens (tertiary/aromatic N) is 1. The van der Waals surface area contributed by atoms with Gasteiger partial charge in [0.05, 0.1) is 12.1 Å². The zero-order valence-electron chi connectivity index (χ0n) is 29.8. The molecule has 3 saturated heterocycles. The Morgan fingerprint density at radius 2 is 1.66 bits per heavy atom. The molecule has 3 heterocycles. The number of halogens is 1. The maximum absolute atomic E-state index is 15.8. The maximum Gasteiger partial charge on any atom is 0.408 e. The number of alkyl carbamates (subject to hydrolysis) is 1. The smallest absolute Gasteiger partial charge is 0.408 e. The van der Waals surface area contributed by atoms with Gasteiger partial charge in [-0.3, -0.25) is 14.4 Å². The summed E-state index contributed by atoms with van der Waals surface area (Å²) in [5, 5.41) is 13.8. The minimum atomic E-state index is -2.78. The fourth-order valence-electron chi connectivity index (χ4n) is 7.21. The number of amides is 1. The molecular weight excluding hydrogens is 619 g/mol. The first-order valence-electron chi connectivity index (χ1n) is 16.5. The lowest BCUT2D eigenvalue weighted by Crippen LogP contribution is -2.60. The average Bonchev–Trinajstić information content (AvgIpc) is 3.31. The Bertz CT molecular complexity index is 1150. The van der Waals surface area contributed by atoms with Gasteiger partial charge >= 0.3 is 18.0 Å². The highest BCUT2D eigenvalue weighted by molar-refractivity contribution is 6.03. The molecule has 270 valence electrons. The van der Waals surface area contributed by atoms with Crippen molar-refractivity contribution in [3.63, 3.8) is 0 Å². The van der Waals surface area contributed by atoms with Gasteiger partial charge in [-0.25, -0.2) is 14.0 Å². The first kappa shape index (κ1) is 40.5. The Kier molecular flexibility index (Phi) is 13.9. The van der Waals surface area contributed by atoms with Crippen molar-refractivity contribution in [1.29, 1.82) is 0 Å². The molecular formula is C33H55FN2O11. The van der Waals surface area contributed by atoms with Crippen LogP contribution in [0.15, 0.2) is 0 Å². The van der Waals surface area contributed by atoms with Gasteiger partial charge in [0, 0.05) is 30.7 Å². The number of carbonyl (C=O) groups excluding carboxylic acids is 5. The SMILES string of the molecule is CC.CC[C@H]1OC(=O)[C@H](F)C(=O)[C@H](C)[C@@H](O[C@@H]2O[C@H](C)C[C@H](N(C)C)[C@H]2O)[C@](C)(OC(C)=O)C[C@@H](C)C(=O)[C@H](C)[C@H]2NC(=O)O[C@@]21C. The van der Waals surface area contributed by atoms with E-state index >= 15 is 4.39 Å². The number of alkyl halides is 1. The summed E-state index contributed by atoms with van der Waals surface area (Å²) >= 11 is 0. The molecule has 13 atom stereocenters. The van der Waals surface area contributed by atoms with Gasteiger partial charge in [0.15, 0.2) is 17.7 Å². The van der Waals surface area contributed by atoms with Gasteiger partial charge in [0.25, 0.3) is 6.17 Å². The van der Waals surface area contributed by atoms with Gasteiger partial charge in [0.1, 0.15) is 29.7 Å². The first-order valence-corrected chi connectivity index (χ1v) is 16.5. The third-order valence-electron chi connectivity index (χ3n) is 9.51. The van der Waals surface area contributed by atoms with Gasteiger partial charge in [-0.15, -0.1) is 0 Å². The van der Waals surface area contributed by atoms with Crippen molar-refractivity contribution in [1.82, 2.24) is 10.2 Å². The molecule has 0 aromatic heterocycles. The van der Waals surface area contributed by atoms with E-state index in [0.717, 1.165) is 6.92 Å². The second-order valence-electron chi connectivity index (χ2n) is 13.4. The van der Waals surface area contributed by atoms with Crippen LogP contribution in [-0.2, 0) is 42.9 Å². The molecule has 0 radical (unpaired) electrons. The lowest BCUT2D eigenvalue weighted by molar-refractivity contribution is -0.294. The van der Waals surface area contributed by atoms with Gasteiger partial charge in [-0.05, 0) is 54.1 Å². The van der Waals surface area contributed by atoms with E-state index in [-0.39, 0.29) is 24.7 Å². The molecule has 0 aliphatic carbocycles. The second kappa shape index (κ2) is 16.1. The summed E-state index contributed by atoms with van der Waals surface area (Å²) < 4.78 is 44.8. The molecule has 0 saturated carbocycles. The summed E-state index contributed by atoms with van der Waals surface area (Å²) in [6.45, 7) is 16.0. The summed E-state index contributed by atoms with van der Waals surface area (Å²) in [4.78, 5) is 67.5. The van der Waals surface area contributed by atoms with Crippen molar-refractivity contribution in [2.45, 2.75) is 149 Å². The predicted octanol–water partition coefficient (Wildman–Crippen LogP) is 3.12. The molecule has 2 N–H and O–H groups in total. The van der Waals surface area contributed by atoms with Crippen molar-refractivity contribution in [2.24, 2.45) is 17.8 Å². The van der Waals surface area contributed by atoms with E-state index < -0.39 is 95.6 Å². The highest BCUT2D eigenvalue weighted by Crippen LogP contribution is 2.40. The number of carbonyl (C=O) groups is 5. The standard InChI is InChI=1S/C31H49FN2O11.C2H6/c1-11-20-31(8)25(33-29(40)45-31)16(4)22(36)14(2)13-30(7,44-18(6)35)26(17(5)23(37)21(32)27(39)42-20)43-28-24(38)19(34(9)10)12-15(3)41-28;1-2/h14-17,19-21,24-26,28,38H,11-13H2,1-10H3,(H,33,40);1-2H3/t14-,15-,16+,17+,19+,20-,21-,24-,25-,26-,28+,30-,31-;/m1./s1. The molecule has 13 nitrogen and oxygen atoms in total. The summed E-state index contributed by atoms with van der Waals surface area (Å²) in [7, 11) is 3.56. The largest absolute Gasteiger partial charge is 0.457 e. The van der Waals surface area contributed by atoms with Crippen molar-refractivity contribution in [3.8, 4) is 0 Å². The fraction of sp³-hybridized carbons (Fsp3) is 0.848. The van der Waals surface area contributed by atoms with Crippen LogP contribution in [0.1, 0.15) is 88.5 Å². The van der Waals surface area contributed by atoms with E-state index in [2.05, 4.69) is 5.32 Å². The number of likely N-dealkylation sites (N-methyl/N-ethyl adjacent to an activating group) is 1. The molecule has 47 heavy (non-hydrogen) atoms. The number of rotatable bonds is 5. The number of cyclic esters (lactones) is 1. The zero-order valence-corrected chi connectivity index (χ0v) is 29.8. The van der Waals surface area contributed by atoms with E-state index in [1.54, 1.807) is 46.7 Å². The molecule has 3 aliphatic heterocycles. The van der Waals surface area contributed by atoms with Crippen LogP contribution in [0.5, 0.6) is 0 Å². The molecule has 0 bridgehead atoms. The highest BCUT2D eigenvalue weighted by atomic mass is 19.1. The zero-order chi connectivity index (χ0) is 36.2. The van der Waals surface area contributed by atoms with Crippen molar-refractivity contribution in [2.75, 3.05) is 14.1 Å². The Morgan fingerprint density at radius 1 is 1.06 bits per heavy atom. The van der Waals surface area contributed by atoms with Gasteiger partial charge in [0.2, 0.25) is 0 Å². The molecule has 0 aromatic carbocycles. The van der Waals surface area contributed by atoms with Crippen molar-refractivity contribution in [3.05, 3.63) is 0 Å². The summed E-state index contributed by atoms with van der Waals surface area (Å²) in [6, 6.07) is -1.38. The number of ketones is 2. The number of ether oxygens (including phenoxy) is 5. The number of Topliss-reactive ketones (excluding diaryl/α,β-unsaturated/α-hetero) is 2. The third-order valence-corrected chi connectivity index (χ3v) is 9.51. The quantitative estimate of drug-likeness (QED) is 0.249. The molecule has 0 spiro atoms. The first-order chi connectivity index (χ1) is 21.8. The maximum atomic E-state index is 15.8. The monoisotopic (exact) mass is 674 g/mol. The van der Waals surface area contributed by atoms with E-state index in [4.69, 9.17) is 23.7 Å². The fourth-order valence-corrected chi connectivity index (χ4v) is 7.21. The Hall–Kier alpha value is -2.68. The van der Waals surface area contributed by atoms with Crippen LogP contribution in [0.3, 0.4) is 0 Å². The molecule has 3 aliphatic rings. The van der Waals surface area contributed by atoms with Crippen LogP contribution in [0, 0.1) is 17.8 Å². The molecule has 3 fully saturated rings. The van der Waals surface area contributed by atoms with Crippen LogP contribution in [0.2, 0.25) is 0 Å².